The van der Waals surface area contributed by atoms with Crippen LogP contribution >= 0.6 is 0 Å². The van der Waals surface area contributed by atoms with Crippen molar-refractivity contribution in [1.29, 1.82) is 0 Å². The molecule has 0 spiro atoms. The number of nitrogens with zero attached hydrogens (tertiary/aromatic N) is 1. The van der Waals surface area contributed by atoms with Crippen LogP contribution in [0.4, 0.5) is 5.69 Å². The average molecular weight is 219 g/mol. The smallest absolute Gasteiger partial charge is 0.237 e. The molecule has 3 heteroatoms. The van der Waals surface area contributed by atoms with Gasteiger partial charge in [0.05, 0.1) is 17.7 Å². The largest absolute Gasteiger partial charge is 0.395 e. The molecule has 0 unspecified atom stereocenters. The molecule has 0 saturated heterocycles. The fraction of sp³-hybridized carbons (Fsp3) is 0.462. The highest BCUT2D eigenvalue weighted by Crippen LogP contribution is 2.42. The van der Waals surface area contributed by atoms with Gasteiger partial charge in [0.2, 0.25) is 5.91 Å². The van der Waals surface area contributed by atoms with Crippen LogP contribution in [-0.2, 0) is 10.2 Å². The molecule has 1 aromatic rings. The highest BCUT2D eigenvalue weighted by atomic mass is 16.3. The van der Waals surface area contributed by atoms with Crippen LogP contribution in [0.25, 0.3) is 0 Å². The molecule has 0 aliphatic carbocycles. The number of β-amino-alcohol motifs (C(OH)–C–C–N with tert-alkyl or cyclic N) is 1. The Hall–Kier alpha value is -1.35. The maximum absolute atomic E-state index is 12.2. The van der Waals surface area contributed by atoms with Crippen molar-refractivity contribution in [3.8, 4) is 0 Å². The van der Waals surface area contributed by atoms with E-state index < -0.39 is 5.41 Å². The van der Waals surface area contributed by atoms with E-state index in [9.17, 15) is 4.79 Å². The van der Waals surface area contributed by atoms with Gasteiger partial charge in [0, 0.05) is 6.54 Å². The summed E-state index contributed by atoms with van der Waals surface area (Å²) < 4.78 is 0. The third-order valence-corrected chi connectivity index (χ3v) is 3.28. The lowest BCUT2D eigenvalue weighted by atomic mass is 9.85. The van der Waals surface area contributed by atoms with Crippen molar-refractivity contribution >= 4 is 11.6 Å². The zero-order valence-electron chi connectivity index (χ0n) is 9.95. The number of rotatable bonds is 2. The molecule has 1 heterocycles. The number of benzene rings is 1. The van der Waals surface area contributed by atoms with E-state index in [0.717, 1.165) is 16.8 Å². The standard InChI is InChI=1S/C13H17NO2/c1-9-5-4-6-10-11(9)14(7-8-15)12(16)13(10,2)3/h4-6,15H,7-8H2,1-3H3. The topological polar surface area (TPSA) is 40.5 Å². The molecule has 0 atom stereocenters. The van der Waals surface area contributed by atoms with Gasteiger partial charge in [0.15, 0.2) is 0 Å². The second-order valence-electron chi connectivity index (χ2n) is 4.78. The molecule has 0 aromatic heterocycles. The van der Waals surface area contributed by atoms with Gasteiger partial charge in [-0.25, -0.2) is 0 Å². The summed E-state index contributed by atoms with van der Waals surface area (Å²) in [5.74, 6) is 0.0749. The Bertz CT molecular complexity index is 438. The first-order valence-corrected chi connectivity index (χ1v) is 5.53. The van der Waals surface area contributed by atoms with Gasteiger partial charge in [-0.1, -0.05) is 18.2 Å². The molecule has 86 valence electrons. The van der Waals surface area contributed by atoms with E-state index in [1.807, 2.05) is 39.0 Å². The second kappa shape index (κ2) is 3.59. The van der Waals surface area contributed by atoms with Gasteiger partial charge in [-0.2, -0.15) is 0 Å². The van der Waals surface area contributed by atoms with Crippen LogP contribution in [0, 0.1) is 6.92 Å². The molecule has 2 rings (SSSR count). The number of aliphatic hydroxyl groups excluding tert-OH is 1. The van der Waals surface area contributed by atoms with E-state index in [-0.39, 0.29) is 12.5 Å². The number of aryl methyl sites for hydroxylation is 1. The van der Waals surface area contributed by atoms with E-state index >= 15 is 0 Å². The quantitative estimate of drug-likeness (QED) is 0.821. The number of para-hydroxylation sites is 1. The van der Waals surface area contributed by atoms with Gasteiger partial charge < -0.3 is 10.0 Å². The molecule has 3 nitrogen and oxygen atoms in total. The summed E-state index contributed by atoms with van der Waals surface area (Å²) in [6.45, 7) is 6.24. The highest BCUT2D eigenvalue weighted by molar-refractivity contribution is 6.08. The summed E-state index contributed by atoms with van der Waals surface area (Å²) in [7, 11) is 0. The molecule has 16 heavy (non-hydrogen) atoms. The van der Waals surface area contributed by atoms with Crippen LogP contribution in [-0.4, -0.2) is 24.2 Å². The Morgan fingerprint density at radius 2 is 2.06 bits per heavy atom. The predicted molar refractivity (Wildman–Crippen MR) is 63.6 cm³/mol. The third kappa shape index (κ3) is 1.35. The van der Waals surface area contributed by atoms with E-state index in [4.69, 9.17) is 5.11 Å². The van der Waals surface area contributed by atoms with Gasteiger partial charge in [0.1, 0.15) is 0 Å². The number of hydrogen-bond donors (Lipinski definition) is 1. The lowest BCUT2D eigenvalue weighted by Gasteiger charge is -2.19. The first kappa shape index (κ1) is 11.1. The summed E-state index contributed by atoms with van der Waals surface area (Å²) in [6, 6.07) is 5.97. The normalized spacial score (nSPS) is 17.8. The molecular formula is C13H17NO2. The van der Waals surface area contributed by atoms with Crippen molar-refractivity contribution in [3.63, 3.8) is 0 Å². The monoisotopic (exact) mass is 219 g/mol. The van der Waals surface area contributed by atoms with Crippen LogP contribution in [0.2, 0.25) is 0 Å². The number of carbonyl (C=O) groups is 1. The molecule has 1 aliphatic rings. The van der Waals surface area contributed by atoms with E-state index in [1.165, 1.54) is 0 Å². The number of aliphatic hydroxyl groups is 1. The first-order chi connectivity index (χ1) is 7.50. The van der Waals surface area contributed by atoms with E-state index in [2.05, 4.69) is 0 Å². The van der Waals surface area contributed by atoms with Gasteiger partial charge in [-0.3, -0.25) is 4.79 Å². The summed E-state index contributed by atoms with van der Waals surface area (Å²) in [4.78, 5) is 13.9. The molecule has 1 aliphatic heterocycles. The van der Waals surface area contributed by atoms with Gasteiger partial charge in [-0.15, -0.1) is 0 Å². The molecular weight excluding hydrogens is 202 g/mol. The Morgan fingerprint density at radius 1 is 1.38 bits per heavy atom. The fourth-order valence-electron chi connectivity index (χ4n) is 2.39. The Kier molecular flexibility index (Phi) is 2.50. The second-order valence-corrected chi connectivity index (χ2v) is 4.78. The SMILES string of the molecule is Cc1cccc2c1N(CCO)C(=O)C2(C)C. The lowest BCUT2D eigenvalue weighted by molar-refractivity contribution is -0.122. The lowest BCUT2D eigenvalue weighted by Crippen LogP contribution is -2.37. The van der Waals surface area contributed by atoms with Gasteiger partial charge in [0.25, 0.3) is 0 Å². The maximum Gasteiger partial charge on any atom is 0.237 e. The minimum absolute atomic E-state index is 0.00437. The molecule has 1 aromatic carbocycles. The fourth-order valence-corrected chi connectivity index (χ4v) is 2.39. The first-order valence-electron chi connectivity index (χ1n) is 5.53. The Labute approximate surface area is 95.7 Å². The van der Waals surface area contributed by atoms with E-state index in [1.54, 1.807) is 4.90 Å². The van der Waals surface area contributed by atoms with Crippen LogP contribution in [0.1, 0.15) is 25.0 Å². The van der Waals surface area contributed by atoms with Crippen molar-refractivity contribution in [2.45, 2.75) is 26.2 Å². The van der Waals surface area contributed by atoms with Gasteiger partial charge >= 0.3 is 0 Å². The molecule has 0 bridgehead atoms. The van der Waals surface area contributed by atoms with Crippen LogP contribution in [0.15, 0.2) is 18.2 Å². The van der Waals surface area contributed by atoms with Crippen molar-refractivity contribution in [2.24, 2.45) is 0 Å². The summed E-state index contributed by atoms with van der Waals surface area (Å²) in [5.41, 5.74) is 2.65. The van der Waals surface area contributed by atoms with Crippen LogP contribution in [0.3, 0.4) is 0 Å². The number of hydrogen-bond acceptors (Lipinski definition) is 2. The maximum atomic E-state index is 12.2. The Balaban J connectivity index is 2.61. The summed E-state index contributed by atoms with van der Waals surface area (Å²) in [5, 5.41) is 9.04. The molecule has 1 N–H and O–H groups in total. The van der Waals surface area contributed by atoms with Crippen LogP contribution < -0.4 is 4.90 Å². The number of amides is 1. The van der Waals surface area contributed by atoms with Gasteiger partial charge in [-0.05, 0) is 31.9 Å². The molecule has 1 amide bonds. The van der Waals surface area contributed by atoms with Crippen molar-refractivity contribution in [2.75, 3.05) is 18.1 Å². The third-order valence-electron chi connectivity index (χ3n) is 3.28. The van der Waals surface area contributed by atoms with Crippen molar-refractivity contribution in [3.05, 3.63) is 29.3 Å². The minimum atomic E-state index is -0.476. The highest BCUT2D eigenvalue weighted by Gasteiger charge is 2.43. The summed E-state index contributed by atoms with van der Waals surface area (Å²) in [6.07, 6.45) is 0. The molecule has 0 fully saturated rings. The zero-order chi connectivity index (χ0) is 11.9. The predicted octanol–water partition coefficient (Wildman–Crippen LogP) is 1.61. The van der Waals surface area contributed by atoms with Crippen LogP contribution in [0.5, 0.6) is 0 Å². The molecule has 0 saturated carbocycles. The average Bonchev–Trinajstić information content (AvgIpc) is 2.42. The number of anilines is 1. The zero-order valence-corrected chi connectivity index (χ0v) is 9.95. The number of carbonyl (C=O) groups excluding carboxylic acids is 1. The summed E-state index contributed by atoms with van der Waals surface area (Å²) >= 11 is 0. The minimum Gasteiger partial charge on any atom is -0.395 e. The van der Waals surface area contributed by atoms with E-state index in [0.29, 0.717) is 6.54 Å². The Morgan fingerprint density at radius 3 is 2.69 bits per heavy atom. The molecule has 0 radical (unpaired) electrons. The van der Waals surface area contributed by atoms with Crippen molar-refractivity contribution in [1.82, 2.24) is 0 Å². The number of fused-ring (bicyclic) bond motifs is 1. The van der Waals surface area contributed by atoms with Crippen molar-refractivity contribution < 1.29 is 9.90 Å².